The van der Waals surface area contributed by atoms with Crippen LogP contribution < -0.4 is 10.1 Å². The lowest BCUT2D eigenvalue weighted by atomic mass is 10.2. The minimum Gasteiger partial charge on any atom is -0.496 e. The van der Waals surface area contributed by atoms with Crippen LogP contribution in [0.25, 0.3) is 0 Å². The minimum atomic E-state index is 0.0677. The van der Waals surface area contributed by atoms with Crippen molar-refractivity contribution >= 4 is 11.8 Å². The third-order valence-electron chi connectivity index (χ3n) is 3.86. The average Bonchev–Trinajstić information content (AvgIpc) is 2.55. The van der Waals surface area contributed by atoms with Gasteiger partial charge in [-0.1, -0.05) is 18.2 Å². The fourth-order valence-electron chi connectivity index (χ4n) is 2.54. The third-order valence-corrected chi connectivity index (χ3v) is 3.86. The van der Waals surface area contributed by atoms with Crippen molar-refractivity contribution in [1.29, 1.82) is 0 Å². The fourth-order valence-corrected chi connectivity index (χ4v) is 2.54. The van der Waals surface area contributed by atoms with Crippen molar-refractivity contribution in [2.75, 3.05) is 39.8 Å². The highest BCUT2D eigenvalue weighted by Crippen LogP contribution is 2.16. The van der Waals surface area contributed by atoms with Crippen LogP contribution in [0.15, 0.2) is 24.3 Å². The van der Waals surface area contributed by atoms with Crippen molar-refractivity contribution in [2.24, 2.45) is 0 Å². The topological polar surface area (TPSA) is 61.9 Å². The number of rotatable bonds is 5. The molecule has 120 valence electrons. The zero-order chi connectivity index (χ0) is 15.9. The number of benzene rings is 1. The second-order valence-corrected chi connectivity index (χ2v) is 5.30. The van der Waals surface area contributed by atoms with Gasteiger partial charge in [-0.2, -0.15) is 0 Å². The molecule has 1 fully saturated rings. The molecule has 0 spiro atoms. The third kappa shape index (κ3) is 4.21. The van der Waals surface area contributed by atoms with Crippen molar-refractivity contribution in [3.8, 4) is 5.75 Å². The number of piperazine rings is 1. The first kappa shape index (κ1) is 16.3. The molecule has 0 saturated carbocycles. The van der Waals surface area contributed by atoms with E-state index >= 15 is 0 Å². The standard InChI is InChI=1S/C16H23N3O3/c1-13(20)18-7-9-19(10-8-18)16(21)12-17-11-14-5-3-4-6-15(14)22-2/h3-6,17H,7-12H2,1-2H3. The molecule has 1 aromatic carbocycles. The molecule has 0 aliphatic carbocycles. The number of carbonyl (C=O) groups is 2. The lowest BCUT2D eigenvalue weighted by Crippen LogP contribution is -2.51. The quantitative estimate of drug-likeness (QED) is 0.859. The molecule has 22 heavy (non-hydrogen) atoms. The Bertz CT molecular complexity index is 525. The van der Waals surface area contributed by atoms with E-state index in [9.17, 15) is 9.59 Å². The van der Waals surface area contributed by atoms with E-state index in [1.54, 1.807) is 23.8 Å². The molecule has 1 aromatic rings. The number of ether oxygens (including phenoxy) is 1. The number of para-hydroxylation sites is 1. The second-order valence-electron chi connectivity index (χ2n) is 5.30. The molecule has 0 radical (unpaired) electrons. The summed E-state index contributed by atoms with van der Waals surface area (Å²) in [7, 11) is 1.64. The Labute approximate surface area is 131 Å². The number of methoxy groups -OCH3 is 1. The largest absolute Gasteiger partial charge is 0.496 e. The molecule has 1 heterocycles. The minimum absolute atomic E-state index is 0.0677. The Hall–Kier alpha value is -2.08. The number of hydrogen-bond donors (Lipinski definition) is 1. The highest BCUT2D eigenvalue weighted by Gasteiger charge is 2.21. The van der Waals surface area contributed by atoms with Gasteiger partial charge in [0.1, 0.15) is 5.75 Å². The first-order chi connectivity index (χ1) is 10.6. The summed E-state index contributed by atoms with van der Waals surface area (Å²) in [5.74, 6) is 0.956. The first-order valence-electron chi connectivity index (χ1n) is 7.47. The Morgan fingerprint density at radius 3 is 2.41 bits per heavy atom. The Kier molecular flexibility index (Phi) is 5.77. The van der Waals surface area contributed by atoms with E-state index in [0.29, 0.717) is 32.7 Å². The van der Waals surface area contributed by atoms with Gasteiger partial charge in [-0.15, -0.1) is 0 Å². The van der Waals surface area contributed by atoms with Crippen molar-refractivity contribution < 1.29 is 14.3 Å². The van der Waals surface area contributed by atoms with Crippen molar-refractivity contribution in [2.45, 2.75) is 13.5 Å². The van der Waals surface area contributed by atoms with Crippen LogP contribution in [0.1, 0.15) is 12.5 Å². The summed E-state index contributed by atoms with van der Waals surface area (Å²) in [6.45, 7) is 4.89. The maximum atomic E-state index is 12.1. The van der Waals surface area contributed by atoms with Crippen LogP contribution in [0.4, 0.5) is 0 Å². The second kappa shape index (κ2) is 7.79. The van der Waals surface area contributed by atoms with Crippen molar-refractivity contribution in [1.82, 2.24) is 15.1 Å². The summed E-state index contributed by atoms with van der Waals surface area (Å²) in [5, 5.41) is 3.16. The van der Waals surface area contributed by atoms with Gasteiger partial charge in [0.2, 0.25) is 11.8 Å². The molecule has 1 aliphatic heterocycles. The Morgan fingerprint density at radius 1 is 1.14 bits per heavy atom. The summed E-state index contributed by atoms with van der Waals surface area (Å²) in [6.07, 6.45) is 0. The molecule has 2 amide bonds. The highest BCUT2D eigenvalue weighted by atomic mass is 16.5. The van der Waals surface area contributed by atoms with Gasteiger partial charge < -0.3 is 19.9 Å². The van der Waals surface area contributed by atoms with E-state index in [2.05, 4.69) is 5.32 Å². The van der Waals surface area contributed by atoms with Crippen LogP contribution in [0.5, 0.6) is 5.75 Å². The predicted octanol–water partition coefficient (Wildman–Crippen LogP) is 0.475. The number of nitrogens with zero attached hydrogens (tertiary/aromatic N) is 2. The highest BCUT2D eigenvalue weighted by molar-refractivity contribution is 5.79. The molecular weight excluding hydrogens is 282 g/mol. The molecule has 1 saturated heterocycles. The number of hydrogen-bond acceptors (Lipinski definition) is 4. The Morgan fingerprint density at radius 2 is 1.77 bits per heavy atom. The number of carbonyl (C=O) groups excluding carboxylic acids is 2. The predicted molar refractivity (Wildman–Crippen MR) is 83.5 cm³/mol. The lowest BCUT2D eigenvalue weighted by molar-refractivity contribution is -0.137. The normalized spacial score (nSPS) is 14.8. The van der Waals surface area contributed by atoms with E-state index in [1.807, 2.05) is 24.3 Å². The Balaban J connectivity index is 1.75. The van der Waals surface area contributed by atoms with Gasteiger partial charge in [0.25, 0.3) is 0 Å². The van der Waals surface area contributed by atoms with Gasteiger partial charge in [0.15, 0.2) is 0 Å². The molecule has 6 nitrogen and oxygen atoms in total. The van der Waals surface area contributed by atoms with Crippen molar-refractivity contribution in [3.63, 3.8) is 0 Å². The fraction of sp³-hybridized carbons (Fsp3) is 0.500. The molecule has 1 aliphatic rings. The summed E-state index contributed by atoms with van der Waals surface area (Å²) in [5.41, 5.74) is 1.03. The lowest BCUT2D eigenvalue weighted by Gasteiger charge is -2.34. The van der Waals surface area contributed by atoms with Gasteiger partial charge in [-0.05, 0) is 6.07 Å². The first-order valence-corrected chi connectivity index (χ1v) is 7.47. The van der Waals surface area contributed by atoms with Gasteiger partial charge in [0, 0.05) is 45.2 Å². The van der Waals surface area contributed by atoms with Gasteiger partial charge in [-0.25, -0.2) is 0 Å². The van der Waals surface area contributed by atoms with Gasteiger partial charge >= 0.3 is 0 Å². The van der Waals surface area contributed by atoms with Crippen LogP contribution in [-0.2, 0) is 16.1 Å². The molecular formula is C16H23N3O3. The maximum Gasteiger partial charge on any atom is 0.236 e. The van der Waals surface area contributed by atoms with E-state index < -0.39 is 0 Å². The average molecular weight is 305 g/mol. The smallest absolute Gasteiger partial charge is 0.236 e. The molecule has 0 aromatic heterocycles. The van der Waals surface area contributed by atoms with Crippen LogP contribution in [-0.4, -0.2) is 61.4 Å². The van der Waals surface area contributed by atoms with Crippen LogP contribution in [0.3, 0.4) is 0 Å². The van der Waals surface area contributed by atoms with Crippen LogP contribution >= 0.6 is 0 Å². The summed E-state index contributed by atoms with van der Waals surface area (Å²) >= 11 is 0. The number of amides is 2. The van der Waals surface area contributed by atoms with Crippen LogP contribution in [0, 0.1) is 0 Å². The zero-order valence-electron chi connectivity index (χ0n) is 13.2. The van der Waals surface area contributed by atoms with Gasteiger partial charge in [0.05, 0.1) is 13.7 Å². The van der Waals surface area contributed by atoms with Gasteiger partial charge in [-0.3, -0.25) is 9.59 Å². The SMILES string of the molecule is COc1ccccc1CNCC(=O)N1CCN(C(C)=O)CC1. The molecule has 6 heteroatoms. The molecule has 2 rings (SSSR count). The van der Waals surface area contributed by atoms with E-state index in [4.69, 9.17) is 4.74 Å². The van der Waals surface area contributed by atoms with E-state index in [-0.39, 0.29) is 18.4 Å². The summed E-state index contributed by atoms with van der Waals surface area (Å²) in [4.78, 5) is 27.0. The summed E-state index contributed by atoms with van der Waals surface area (Å²) in [6, 6.07) is 7.74. The molecule has 0 atom stereocenters. The van der Waals surface area contributed by atoms with Crippen LogP contribution in [0.2, 0.25) is 0 Å². The van der Waals surface area contributed by atoms with E-state index in [0.717, 1.165) is 11.3 Å². The maximum absolute atomic E-state index is 12.1. The monoisotopic (exact) mass is 305 g/mol. The van der Waals surface area contributed by atoms with E-state index in [1.165, 1.54) is 0 Å². The molecule has 0 bridgehead atoms. The summed E-state index contributed by atoms with van der Waals surface area (Å²) < 4.78 is 5.28. The van der Waals surface area contributed by atoms with Crippen molar-refractivity contribution in [3.05, 3.63) is 29.8 Å². The number of nitrogens with one attached hydrogen (secondary N) is 1. The zero-order valence-corrected chi connectivity index (χ0v) is 13.2. The molecule has 0 unspecified atom stereocenters. The molecule has 1 N–H and O–H groups in total.